The molecule has 34 heavy (non-hydrogen) atoms. The Bertz CT molecular complexity index is 1390. The number of hydrogen-bond donors (Lipinski definition) is 1. The normalized spacial score (nSPS) is 13.5. The van der Waals surface area contributed by atoms with Gasteiger partial charge in [0.2, 0.25) is 0 Å². The third-order valence-electron chi connectivity index (χ3n) is 6.33. The minimum Gasteiger partial charge on any atom is -0.497 e. The molecule has 4 aromatic carbocycles. The van der Waals surface area contributed by atoms with E-state index in [2.05, 4.69) is 61.6 Å². The molecule has 0 saturated heterocycles. The molecule has 0 aliphatic rings. The Hall–Kier alpha value is -3.15. The predicted molar refractivity (Wildman–Crippen MR) is 140 cm³/mol. The Morgan fingerprint density at radius 1 is 0.882 bits per heavy atom. The van der Waals surface area contributed by atoms with Gasteiger partial charge in [0.1, 0.15) is 5.75 Å². The van der Waals surface area contributed by atoms with Gasteiger partial charge in [-0.25, -0.2) is 8.42 Å². The third-order valence-corrected chi connectivity index (χ3v) is 7.46. The van der Waals surface area contributed by atoms with Crippen LogP contribution >= 0.6 is 0 Å². The van der Waals surface area contributed by atoms with Crippen LogP contribution in [0.1, 0.15) is 43.5 Å². The fourth-order valence-corrected chi connectivity index (χ4v) is 5.04. The lowest BCUT2D eigenvalue weighted by molar-refractivity contribution is 0.411. The third kappa shape index (κ3) is 5.16. The van der Waals surface area contributed by atoms with Crippen LogP contribution in [0.15, 0.2) is 89.8 Å². The van der Waals surface area contributed by atoms with Crippen molar-refractivity contribution >= 4 is 20.6 Å². The molecular weight excluding hydrogens is 442 g/mol. The van der Waals surface area contributed by atoms with Crippen molar-refractivity contribution in [1.29, 1.82) is 0 Å². The number of hydrogen-bond acceptors (Lipinski definition) is 4. The molecule has 4 nitrogen and oxygen atoms in total. The summed E-state index contributed by atoms with van der Waals surface area (Å²) in [6.07, 6.45) is 2.16. The highest BCUT2D eigenvalue weighted by atomic mass is 32.2. The highest BCUT2D eigenvalue weighted by Gasteiger charge is 2.17. The minimum atomic E-state index is -3.23. The standard InChI is InChI=1S/C29H31NO3S/c1-5-29(30-20(2)22-10-8-11-25(18-22)33-3)24-17-23-9-6-7-12-27(23)28(19-24)21-13-15-26(16-14-21)34(4,31)32/h6-20,29-30H,5H2,1-4H3/t20-,29?/m1/s1. The number of methoxy groups -OCH3 is 1. The van der Waals surface area contributed by atoms with Gasteiger partial charge >= 0.3 is 0 Å². The largest absolute Gasteiger partial charge is 0.497 e. The summed E-state index contributed by atoms with van der Waals surface area (Å²) in [6, 6.07) is 28.4. The first-order chi connectivity index (χ1) is 16.3. The first-order valence-electron chi connectivity index (χ1n) is 11.5. The molecule has 0 bridgehead atoms. The zero-order chi connectivity index (χ0) is 24.3. The highest BCUT2D eigenvalue weighted by molar-refractivity contribution is 7.90. The van der Waals surface area contributed by atoms with Gasteiger partial charge < -0.3 is 10.1 Å². The van der Waals surface area contributed by atoms with Crippen molar-refractivity contribution in [1.82, 2.24) is 5.32 Å². The Kier molecular flexibility index (Phi) is 7.05. The number of sulfone groups is 1. The fraction of sp³-hybridized carbons (Fsp3) is 0.241. The van der Waals surface area contributed by atoms with Crippen LogP contribution in [-0.2, 0) is 9.84 Å². The van der Waals surface area contributed by atoms with E-state index in [0.29, 0.717) is 4.90 Å². The average molecular weight is 474 g/mol. The van der Waals surface area contributed by atoms with Crippen molar-refractivity contribution < 1.29 is 13.2 Å². The Labute approximate surface area is 202 Å². The van der Waals surface area contributed by atoms with Gasteiger partial charge in [0.25, 0.3) is 0 Å². The lowest BCUT2D eigenvalue weighted by Gasteiger charge is -2.24. The summed E-state index contributed by atoms with van der Waals surface area (Å²) >= 11 is 0. The highest BCUT2D eigenvalue weighted by Crippen LogP contribution is 2.34. The predicted octanol–water partition coefficient (Wildman–Crippen LogP) is 6.72. The SMILES string of the molecule is CCC(N[C@H](C)c1cccc(OC)c1)c1cc(-c2ccc(S(C)(=O)=O)cc2)c2ccccc2c1. The minimum absolute atomic E-state index is 0.143. The molecule has 0 fully saturated rings. The van der Waals surface area contributed by atoms with Gasteiger partial charge in [-0.05, 0) is 82.8 Å². The van der Waals surface area contributed by atoms with Crippen LogP contribution in [0.4, 0.5) is 0 Å². The maximum absolute atomic E-state index is 11.9. The van der Waals surface area contributed by atoms with Crippen molar-refractivity contribution in [3.05, 3.63) is 96.1 Å². The molecule has 0 aromatic heterocycles. The molecule has 5 heteroatoms. The molecular formula is C29H31NO3S. The topological polar surface area (TPSA) is 55.4 Å². The molecule has 2 atom stereocenters. The summed E-state index contributed by atoms with van der Waals surface area (Å²) in [4.78, 5) is 0.330. The summed E-state index contributed by atoms with van der Waals surface area (Å²) < 4.78 is 29.2. The van der Waals surface area contributed by atoms with E-state index in [4.69, 9.17) is 4.74 Å². The molecule has 1 N–H and O–H groups in total. The molecule has 176 valence electrons. The molecule has 0 aliphatic heterocycles. The van der Waals surface area contributed by atoms with Crippen molar-refractivity contribution in [2.24, 2.45) is 0 Å². The molecule has 0 amide bonds. The second-order valence-electron chi connectivity index (χ2n) is 8.71. The Balaban J connectivity index is 1.73. The Morgan fingerprint density at radius 2 is 1.62 bits per heavy atom. The lowest BCUT2D eigenvalue weighted by Crippen LogP contribution is -2.24. The van der Waals surface area contributed by atoms with Gasteiger partial charge in [0.05, 0.1) is 12.0 Å². The molecule has 0 saturated carbocycles. The van der Waals surface area contributed by atoms with Crippen LogP contribution in [0.3, 0.4) is 0 Å². The van der Waals surface area contributed by atoms with Crippen molar-refractivity contribution in [3.8, 4) is 16.9 Å². The van der Waals surface area contributed by atoms with Crippen molar-refractivity contribution in [2.45, 2.75) is 37.2 Å². The van der Waals surface area contributed by atoms with Gasteiger partial charge in [0, 0.05) is 18.3 Å². The van der Waals surface area contributed by atoms with Gasteiger partial charge in [-0.1, -0.05) is 55.5 Å². The van der Waals surface area contributed by atoms with E-state index in [1.54, 1.807) is 19.2 Å². The quantitative estimate of drug-likeness (QED) is 0.309. The summed E-state index contributed by atoms with van der Waals surface area (Å²) in [5.74, 6) is 0.852. The number of ether oxygens (including phenoxy) is 1. The monoisotopic (exact) mass is 473 g/mol. The van der Waals surface area contributed by atoms with E-state index in [1.165, 1.54) is 17.4 Å². The molecule has 4 aromatic rings. The van der Waals surface area contributed by atoms with Gasteiger partial charge in [-0.15, -0.1) is 0 Å². The van der Waals surface area contributed by atoms with Crippen molar-refractivity contribution in [3.63, 3.8) is 0 Å². The fourth-order valence-electron chi connectivity index (χ4n) is 4.41. The van der Waals surface area contributed by atoms with Crippen LogP contribution in [-0.4, -0.2) is 21.8 Å². The second-order valence-corrected chi connectivity index (χ2v) is 10.7. The van der Waals surface area contributed by atoms with Crippen LogP contribution < -0.4 is 10.1 Å². The number of fused-ring (bicyclic) bond motifs is 1. The van der Waals surface area contributed by atoms with E-state index in [-0.39, 0.29) is 12.1 Å². The summed E-state index contributed by atoms with van der Waals surface area (Å²) in [6.45, 7) is 4.36. The molecule has 0 heterocycles. The van der Waals surface area contributed by atoms with Crippen LogP contribution in [0, 0.1) is 0 Å². The maximum Gasteiger partial charge on any atom is 0.175 e. The lowest BCUT2D eigenvalue weighted by atomic mass is 9.92. The number of rotatable bonds is 8. The van der Waals surface area contributed by atoms with E-state index < -0.39 is 9.84 Å². The van der Waals surface area contributed by atoms with Crippen LogP contribution in [0.5, 0.6) is 5.75 Å². The summed E-state index contributed by atoms with van der Waals surface area (Å²) in [7, 11) is -1.55. The second kappa shape index (κ2) is 10.00. The first-order valence-corrected chi connectivity index (χ1v) is 13.4. The number of nitrogens with one attached hydrogen (secondary N) is 1. The molecule has 0 spiro atoms. The average Bonchev–Trinajstić information content (AvgIpc) is 2.86. The number of benzene rings is 4. The van der Waals surface area contributed by atoms with Crippen LogP contribution in [0.2, 0.25) is 0 Å². The zero-order valence-electron chi connectivity index (χ0n) is 20.1. The molecule has 4 rings (SSSR count). The van der Waals surface area contributed by atoms with Gasteiger partial charge in [-0.2, -0.15) is 0 Å². The van der Waals surface area contributed by atoms with E-state index in [1.807, 2.05) is 30.3 Å². The van der Waals surface area contributed by atoms with E-state index in [0.717, 1.165) is 34.1 Å². The van der Waals surface area contributed by atoms with E-state index >= 15 is 0 Å². The van der Waals surface area contributed by atoms with Crippen molar-refractivity contribution in [2.75, 3.05) is 13.4 Å². The molecule has 1 unspecified atom stereocenters. The Morgan fingerprint density at radius 3 is 2.29 bits per heavy atom. The summed E-state index contributed by atoms with van der Waals surface area (Å²) in [5.41, 5.74) is 4.48. The summed E-state index contributed by atoms with van der Waals surface area (Å²) in [5, 5.41) is 6.10. The maximum atomic E-state index is 11.9. The zero-order valence-corrected chi connectivity index (χ0v) is 20.9. The van der Waals surface area contributed by atoms with Crippen LogP contribution in [0.25, 0.3) is 21.9 Å². The van der Waals surface area contributed by atoms with Gasteiger partial charge in [0.15, 0.2) is 9.84 Å². The molecule has 0 radical (unpaired) electrons. The smallest absolute Gasteiger partial charge is 0.175 e. The molecule has 0 aliphatic carbocycles. The van der Waals surface area contributed by atoms with Gasteiger partial charge in [-0.3, -0.25) is 0 Å². The first kappa shape index (κ1) is 24.0. The van der Waals surface area contributed by atoms with E-state index in [9.17, 15) is 8.42 Å².